The highest BCUT2D eigenvalue weighted by Gasteiger charge is 2.60. The third kappa shape index (κ3) is 3.62. The number of nitrogens with two attached hydrogens (primary N) is 1. The molecule has 0 aromatic carbocycles. The summed E-state index contributed by atoms with van der Waals surface area (Å²) >= 11 is 1.64. The standard InChI is InChI=1S/C21H33N3O4S/c1-10-17-16(11(2)25)20(26)24(17)18(21(27)28)19(10)29-14-7-15(23-9-14)13-5-3-12(8-22)4-6-13/h10-17,23,25H,3-9,22H2,1-2H3,(H,27,28)/t10-,11-,12?,13?,14+,15?,16-,17-/m1/s1. The summed E-state index contributed by atoms with van der Waals surface area (Å²) in [5, 5.41) is 23.8. The van der Waals surface area contributed by atoms with E-state index in [1.54, 1.807) is 18.7 Å². The third-order valence-electron chi connectivity index (χ3n) is 7.52. The van der Waals surface area contributed by atoms with E-state index in [9.17, 15) is 19.8 Å². The first-order chi connectivity index (χ1) is 13.8. The van der Waals surface area contributed by atoms with E-state index >= 15 is 0 Å². The van der Waals surface area contributed by atoms with E-state index in [4.69, 9.17) is 5.73 Å². The lowest BCUT2D eigenvalue weighted by Gasteiger charge is -2.46. The van der Waals surface area contributed by atoms with Crippen molar-refractivity contribution in [2.24, 2.45) is 29.4 Å². The van der Waals surface area contributed by atoms with Gasteiger partial charge in [0, 0.05) is 28.7 Å². The molecule has 0 spiro atoms. The SMILES string of the molecule is C[C@@H](O)[C@H]1C(=O)N2C(C(=O)O)=C(S[C@@H]3CNC(C4CCC(CN)CC4)C3)[C@H](C)[C@H]12. The maximum absolute atomic E-state index is 12.5. The van der Waals surface area contributed by atoms with Gasteiger partial charge in [-0.3, -0.25) is 4.79 Å². The fourth-order valence-corrected chi connectivity index (χ4v) is 7.36. The summed E-state index contributed by atoms with van der Waals surface area (Å²) in [6, 6.07) is 0.258. The molecule has 4 aliphatic rings. The molecule has 0 radical (unpaired) electrons. The highest BCUT2D eigenvalue weighted by Crippen LogP contribution is 2.52. The number of carboxylic acid groups (broad SMARTS) is 1. The first-order valence-corrected chi connectivity index (χ1v) is 11.8. The van der Waals surface area contributed by atoms with Crippen LogP contribution in [0.15, 0.2) is 10.6 Å². The fraction of sp³-hybridized carbons (Fsp3) is 0.810. The number of carbonyl (C=O) groups is 2. The number of nitrogens with zero attached hydrogens (tertiary/aromatic N) is 1. The first-order valence-electron chi connectivity index (χ1n) is 10.9. The van der Waals surface area contributed by atoms with Crippen LogP contribution < -0.4 is 11.1 Å². The number of carbonyl (C=O) groups excluding carboxylic acids is 1. The number of aliphatic carboxylic acids is 1. The summed E-state index contributed by atoms with van der Waals surface area (Å²) in [5.41, 5.74) is 5.96. The summed E-state index contributed by atoms with van der Waals surface area (Å²) in [6.07, 6.45) is 5.13. The van der Waals surface area contributed by atoms with Crippen molar-refractivity contribution in [1.29, 1.82) is 0 Å². The number of β-lactam (4-membered cyclic amide) rings is 1. The lowest BCUT2D eigenvalue weighted by atomic mass is 9.78. The Labute approximate surface area is 176 Å². The van der Waals surface area contributed by atoms with Crippen molar-refractivity contribution in [2.75, 3.05) is 13.1 Å². The van der Waals surface area contributed by atoms with Gasteiger partial charge in [0.05, 0.1) is 18.1 Å². The molecule has 1 saturated carbocycles. The van der Waals surface area contributed by atoms with E-state index < -0.39 is 18.0 Å². The average molecular weight is 424 g/mol. The number of hydrogen-bond acceptors (Lipinski definition) is 6. The highest BCUT2D eigenvalue weighted by atomic mass is 32.2. The molecule has 0 aromatic rings. The molecule has 0 bridgehead atoms. The van der Waals surface area contributed by atoms with Crippen molar-refractivity contribution in [1.82, 2.24) is 10.2 Å². The van der Waals surface area contributed by atoms with Crippen LogP contribution in [0.1, 0.15) is 46.0 Å². The Kier molecular flexibility index (Phi) is 5.99. The second kappa shape index (κ2) is 8.21. The van der Waals surface area contributed by atoms with Crippen molar-refractivity contribution >= 4 is 23.6 Å². The van der Waals surface area contributed by atoms with E-state index in [1.807, 2.05) is 6.92 Å². The molecule has 3 heterocycles. The third-order valence-corrected chi connectivity index (χ3v) is 9.03. The van der Waals surface area contributed by atoms with Crippen LogP contribution in [-0.4, -0.2) is 63.5 Å². The molecule has 4 rings (SSSR count). The van der Waals surface area contributed by atoms with Crippen molar-refractivity contribution < 1.29 is 19.8 Å². The van der Waals surface area contributed by atoms with Gasteiger partial charge < -0.3 is 26.2 Å². The smallest absolute Gasteiger partial charge is 0.353 e. The molecule has 7 nitrogen and oxygen atoms in total. The molecule has 1 amide bonds. The second-order valence-corrected chi connectivity index (χ2v) is 10.6. The largest absolute Gasteiger partial charge is 0.477 e. The summed E-state index contributed by atoms with van der Waals surface area (Å²) in [7, 11) is 0. The molecule has 29 heavy (non-hydrogen) atoms. The number of rotatable bonds is 6. The fourth-order valence-electron chi connectivity index (χ4n) is 5.87. The Bertz CT molecular complexity index is 704. The number of amides is 1. The number of aliphatic hydroxyl groups is 1. The number of fused-ring (bicyclic) bond motifs is 1. The maximum atomic E-state index is 12.5. The molecule has 3 aliphatic heterocycles. The van der Waals surface area contributed by atoms with Gasteiger partial charge in [-0.25, -0.2) is 4.79 Å². The van der Waals surface area contributed by atoms with Crippen LogP contribution in [0.4, 0.5) is 0 Å². The van der Waals surface area contributed by atoms with Crippen LogP contribution in [0.3, 0.4) is 0 Å². The average Bonchev–Trinajstić information content (AvgIpc) is 3.24. The van der Waals surface area contributed by atoms with E-state index in [-0.39, 0.29) is 23.6 Å². The van der Waals surface area contributed by atoms with Crippen LogP contribution in [0.25, 0.3) is 0 Å². The van der Waals surface area contributed by atoms with Crippen LogP contribution in [-0.2, 0) is 9.59 Å². The minimum absolute atomic E-state index is 0.0533. The van der Waals surface area contributed by atoms with E-state index in [0.29, 0.717) is 23.1 Å². The predicted molar refractivity (Wildman–Crippen MR) is 112 cm³/mol. The molecule has 6 atom stereocenters. The Morgan fingerprint density at radius 2 is 2.03 bits per heavy atom. The minimum Gasteiger partial charge on any atom is -0.477 e. The van der Waals surface area contributed by atoms with Gasteiger partial charge in [0.2, 0.25) is 5.91 Å². The van der Waals surface area contributed by atoms with Crippen LogP contribution >= 0.6 is 11.8 Å². The number of carboxylic acids is 1. The van der Waals surface area contributed by atoms with Crippen molar-refractivity contribution in [2.45, 2.75) is 69.4 Å². The Hall–Kier alpha value is -1.09. The summed E-state index contributed by atoms with van der Waals surface area (Å²) < 4.78 is 0. The zero-order valence-corrected chi connectivity index (χ0v) is 18.0. The summed E-state index contributed by atoms with van der Waals surface area (Å²) in [4.78, 5) is 26.7. The second-order valence-electron chi connectivity index (χ2n) is 9.28. The lowest BCUT2D eigenvalue weighted by Crippen LogP contribution is -2.63. The zero-order valence-electron chi connectivity index (χ0n) is 17.2. The van der Waals surface area contributed by atoms with Crippen molar-refractivity contribution in [3.63, 3.8) is 0 Å². The van der Waals surface area contributed by atoms with Gasteiger partial charge in [-0.05, 0) is 57.4 Å². The molecule has 5 N–H and O–H groups in total. The molecule has 8 heteroatoms. The highest BCUT2D eigenvalue weighted by molar-refractivity contribution is 8.03. The molecule has 1 unspecified atom stereocenters. The molecular weight excluding hydrogens is 390 g/mol. The Morgan fingerprint density at radius 1 is 1.34 bits per heavy atom. The molecule has 162 valence electrons. The van der Waals surface area contributed by atoms with E-state index in [0.717, 1.165) is 24.4 Å². The number of nitrogens with one attached hydrogen (secondary N) is 1. The quantitative estimate of drug-likeness (QED) is 0.477. The zero-order chi connectivity index (χ0) is 20.9. The van der Waals surface area contributed by atoms with Crippen molar-refractivity contribution in [3.05, 3.63) is 10.6 Å². The topological polar surface area (TPSA) is 116 Å². The van der Waals surface area contributed by atoms with Gasteiger partial charge in [-0.2, -0.15) is 0 Å². The molecular formula is C21H33N3O4S. The van der Waals surface area contributed by atoms with Gasteiger partial charge in [-0.15, -0.1) is 11.8 Å². The normalized spacial score (nSPS) is 40.8. The predicted octanol–water partition coefficient (Wildman–Crippen LogP) is 1.37. The number of aliphatic hydroxyl groups excluding tert-OH is 1. The van der Waals surface area contributed by atoms with E-state index in [2.05, 4.69) is 5.32 Å². The lowest BCUT2D eigenvalue weighted by molar-refractivity contribution is -0.163. The van der Waals surface area contributed by atoms with Gasteiger partial charge in [0.25, 0.3) is 0 Å². The van der Waals surface area contributed by atoms with E-state index in [1.165, 1.54) is 30.6 Å². The van der Waals surface area contributed by atoms with Gasteiger partial charge in [0.1, 0.15) is 5.70 Å². The number of thioether (sulfide) groups is 1. The number of hydrogen-bond donors (Lipinski definition) is 4. The molecule has 0 aromatic heterocycles. The van der Waals surface area contributed by atoms with Crippen molar-refractivity contribution in [3.8, 4) is 0 Å². The molecule has 2 saturated heterocycles. The maximum Gasteiger partial charge on any atom is 0.353 e. The van der Waals surface area contributed by atoms with Gasteiger partial charge in [0.15, 0.2) is 0 Å². The van der Waals surface area contributed by atoms with Crippen LogP contribution in [0.5, 0.6) is 0 Å². The Balaban J connectivity index is 1.43. The summed E-state index contributed by atoms with van der Waals surface area (Å²) in [5.74, 6) is -0.499. The monoisotopic (exact) mass is 423 g/mol. The molecule has 3 fully saturated rings. The van der Waals surface area contributed by atoms with Crippen LogP contribution in [0, 0.1) is 23.7 Å². The first kappa shape index (κ1) is 21.2. The minimum atomic E-state index is -1.04. The van der Waals surface area contributed by atoms with Crippen LogP contribution in [0.2, 0.25) is 0 Å². The summed E-state index contributed by atoms with van der Waals surface area (Å²) in [6.45, 7) is 5.26. The van der Waals surface area contributed by atoms with Gasteiger partial charge in [-0.1, -0.05) is 6.92 Å². The molecule has 1 aliphatic carbocycles. The Morgan fingerprint density at radius 3 is 2.62 bits per heavy atom. The van der Waals surface area contributed by atoms with Gasteiger partial charge >= 0.3 is 5.97 Å².